The second-order valence-corrected chi connectivity index (χ2v) is 7.90. The maximum Gasteiger partial charge on any atom is 0.214 e. The molecule has 0 aromatic carbocycles. The van der Waals surface area contributed by atoms with Crippen molar-refractivity contribution in [2.75, 3.05) is 25.4 Å². The summed E-state index contributed by atoms with van der Waals surface area (Å²) in [4.78, 5) is 6.58. The highest BCUT2D eigenvalue weighted by molar-refractivity contribution is 7.89. The minimum Gasteiger partial charge on any atom is -0.295 e. The van der Waals surface area contributed by atoms with E-state index in [0.717, 1.165) is 37.5 Å². The van der Waals surface area contributed by atoms with Gasteiger partial charge in [-0.1, -0.05) is 0 Å². The molecule has 0 radical (unpaired) electrons. The van der Waals surface area contributed by atoms with Gasteiger partial charge in [0.1, 0.15) is 5.01 Å². The molecule has 0 amide bonds. The predicted octanol–water partition coefficient (Wildman–Crippen LogP) is 0.753. The zero-order valence-electron chi connectivity index (χ0n) is 10.2. The molecule has 0 N–H and O–H groups in total. The largest absolute Gasteiger partial charge is 0.295 e. The molecule has 100 valence electrons. The van der Waals surface area contributed by atoms with Crippen LogP contribution in [0.4, 0.5) is 0 Å². The molecule has 0 unspecified atom stereocenters. The first-order valence-electron chi connectivity index (χ1n) is 6.25. The Balaban J connectivity index is 1.62. The summed E-state index contributed by atoms with van der Waals surface area (Å²) in [5, 5.41) is 3.09. The summed E-state index contributed by atoms with van der Waals surface area (Å²) in [6, 6.07) is 0.178. The number of sulfonamides is 1. The van der Waals surface area contributed by atoms with Crippen LogP contribution in [0.5, 0.6) is 0 Å². The van der Waals surface area contributed by atoms with Crippen LogP contribution in [0.3, 0.4) is 0 Å². The molecule has 2 aliphatic heterocycles. The molecular weight excluding hydrogens is 270 g/mol. The second-order valence-electron chi connectivity index (χ2n) is 4.88. The molecular formula is C11H17N3O2S2. The molecule has 2 aliphatic rings. The SMILES string of the molecule is O=S1(=O)CCCN1[C@H]1CCN(Cc2nccs2)C1. The van der Waals surface area contributed by atoms with Crippen molar-refractivity contribution in [2.24, 2.45) is 0 Å². The van der Waals surface area contributed by atoms with Gasteiger partial charge in [-0.25, -0.2) is 13.4 Å². The van der Waals surface area contributed by atoms with E-state index < -0.39 is 10.0 Å². The number of likely N-dealkylation sites (tertiary alicyclic amines) is 1. The van der Waals surface area contributed by atoms with E-state index in [1.54, 1.807) is 15.6 Å². The molecule has 0 saturated carbocycles. The molecule has 1 aromatic rings. The summed E-state index contributed by atoms with van der Waals surface area (Å²) in [5.41, 5.74) is 0. The highest BCUT2D eigenvalue weighted by Crippen LogP contribution is 2.25. The molecule has 0 bridgehead atoms. The first-order valence-corrected chi connectivity index (χ1v) is 8.74. The van der Waals surface area contributed by atoms with Crippen LogP contribution in [-0.4, -0.2) is 54.0 Å². The van der Waals surface area contributed by atoms with Crippen LogP contribution in [-0.2, 0) is 16.6 Å². The molecule has 0 aliphatic carbocycles. The van der Waals surface area contributed by atoms with Gasteiger partial charge in [-0.15, -0.1) is 11.3 Å². The lowest BCUT2D eigenvalue weighted by atomic mass is 10.2. The number of nitrogens with zero attached hydrogens (tertiary/aromatic N) is 3. The molecule has 1 aromatic heterocycles. The van der Waals surface area contributed by atoms with E-state index in [2.05, 4.69) is 9.88 Å². The Bertz CT molecular complexity index is 500. The van der Waals surface area contributed by atoms with Crippen LogP contribution in [0.25, 0.3) is 0 Å². The Hall–Kier alpha value is -0.500. The monoisotopic (exact) mass is 287 g/mol. The number of thiazole rings is 1. The molecule has 2 fully saturated rings. The number of hydrogen-bond donors (Lipinski definition) is 0. The van der Waals surface area contributed by atoms with Crippen molar-refractivity contribution >= 4 is 21.4 Å². The van der Waals surface area contributed by atoms with Crippen LogP contribution in [0.2, 0.25) is 0 Å². The van der Waals surface area contributed by atoms with Crippen molar-refractivity contribution < 1.29 is 8.42 Å². The normalized spacial score (nSPS) is 29.0. The van der Waals surface area contributed by atoms with Crippen LogP contribution >= 0.6 is 11.3 Å². The van der Waals surface area contributed by atoms with E-state index >= 15 is 0 Å². The van der Waals surface area contributed by atoms with Gasteiger partial charge in [0, 0.05) is 37.3 Å². The second kappa shape index (κ2) is 4.88. The van der Waals surface area contributed by atoms with Crippen molar-refractivity contribution in [1.82, 2.24) is 14.2 Å². The van der Waals surface area contributed by atoms with Crippen molar-refractivity contribution in [3.63, 3.8) is 0 Å². The van der Waals surface area contributed by atoms with Gasteiger partial charge in [0.25, 0.3) is 0 Å². The molecule has 18 heavy (non-hydrogen) atoms. The number of rotatable bonds is 3. The van der Waals surface area contributed by atoms with Crippen molar-refractivity contribution in [1.29, 1.82) is 0 Å². The van der Waals surface area contributed by atoms with E-state index in [4.69, 9.17) is 0 Å². The topological polar surface area (TPSA) is 53.5 Å². The van der Waals surface area contributed by atoms with Gasteiger partial charge in [-0.3, -0.25) is 4.90 Å². The summed E-state index contributed by atoms with van der Waals surface area (Å²) < 4.78 is 25.5. The average molecular weight is 287 g/mol. The standard InChI is InChI=1S/C11H17N3O2S2/c15-18(16)7-1-4-14(18)10-2-5-13(8-10)9-11-12-3-6-17-11/h3,6,10H,1-2,4-5,7-9H2/t10-/m0/s1. The summed E-state index contributed by atoms with van der Waals surface area (Å²) >= 11 is 1.66. The maximum atomic E-state index is 11.9. The van der Waals surface area contributed by atoms with E-state index in [0.29, 0.717) is 12.3 Å². The fourth-order valence-corrected chi connectivity index (χ4v) is 5.20. The number of hydrogen-bond acceptors (Lipinski definition) is 5. The van der Waals surface area contributed by atoms with E-state index in [1.807, 2.05) is 11.6 Å². The first-order chi connectivity index (χ1) is 8.65. The Morgan fingerprint density at radius 2 is 2.33 bits per heavy atom. The van der Waals surface area contributed by atoms with Crippen LogP contribution in [0.1, 0.15) is 17.8 Å². The highest BCUT2D eigenvalue weighted by Gasteiger charge is 2.37. The molecule has 1 atom stereocenters. The maximum absolute atomic E-state index is 11.9. The first kappa shape index (κ1) is 12.5. The quantitative estimate of drug-likeness (QED) is 0.823. The Kier molecular flexibility index (Phi) is 3.40. The van der Waals surface area contributed by atoms with Crippen molar-refractivity contribution in [3.05, 3.63) is 16.6 Å². The summed E-state index contributed by atoms with van der Waals surface area (Å²) in [5.74, 6) is 0.329. The van der Waals surface area contributed by atoms with Crippen molar-refractivity contribution in [3.8, 4) is 0 Å². The fraction of sp³-hybridized carbons (Fsp3) is 0.727. The van der Waals surface area contributed by atoms with Gasteiger partial charge in [0.15, 0.2) is 0 Å². The van der Waals surface area contributed by atoms with Crippen LogP contribution in [0.15, 0.2) is 11.6 Å². The molecule has 3 rings (SSSR count). The smallest absolute Gasteiger partial charge is 0.214 e. The average Bonchev–Trinajstić information content (AvgIpc) is 3.00. The minimum absolute atomic E-state index is 0.178. The lowest BCUT2D eigenvalue weighted by Gasteiger charge is -2.22. The Morgan fingerprint density at radius 1 is 1.44 bits per heavy atom. The molecule has 5 nitrogen and oxygen atoms in total. The van der Waals surface area contributed by atoms with Gasteiger partial charge in [-0.2, -0.15) is 4.31 Å². The van der Waals surface area contributed by atoms with Gasteiger partial charge >= 0.3 is 0 Å². The molecule has 2 saturated heterocycles. The third-order valence-electron chi connectivity index (χ3n) is 3.64. The minimum atomic E-state index is -2.96. The lowest BCUT2D eigenvalue weighted by molar-refractivity contribution is 0.289. The number of aromatic nitrogens is 1. The van der Waals surface area contributed by atoms with E-state index in [-0.39, 0.29) is 6.04 Å². The van der Waals surface area contributed by atoms with E-state index in [1.165, 1.54) is 0 Å². The molecule has 0 spiro atoms. The van der Waals surface area contributed by atoms with Gasteiger partial charge in [0.2, 0.25) is 10.0 Å². The third kappa shape index (κ3) is 2.45. The molecule has 3 heterocycles. The zero-order valence-corrected chi connectivity index (χ0v) is 11.8. The highest BCUT2D eigenvalue weighted by atomic mass is 32.2. The zero-order chi connectivity index (χ0) is 12.6. The Morgan fingerprint density at radius 3 is 3.00 bits per heavy atom. The van der Waals surface area contributed by atoms with Crippen molar-refractivity contribution in [2.45, 2.75) is 25.4 Å². The van der Waals surface area contributed by atoms with E-state index in [9.17, 15) is 8.42 Å². The summed E-state index contributed by atoms with van der Waals surface area (Å²) in [6.07, 6.45) is 3.55. The van der Waals surface area contributed by atoms with Gasteiger partial charge in [-0.05, 0) is 12.8 Å². The van der Waals surface area contributed by atoms with Gasteiger partial charge in [0.05, 0.1) is 12.3 Å². The summed E-state index contributed by atoms with van der Waals surface area (Å²) in [7, 11) is -2.96. The Labute approximate surface area is 111 Å². The molecule has 7 heteroatoms. The summed E-state index contributed by atoms with van der Waals surface area (Å²) in [6.45, 7) is 3.37. The predicted molar refractivity (Wildman–Crippen MR) is 70.9 cm³/mol. The third-order valence-corrected chi connectivity index (χ3v) is 6.40. The fourth-order valence-electron chi connectivity index (χ4n) is 2.78. The van der Waals surface area contributed by atoms with Crippen LogP contribution < -0.4 is 0 Å². The lowest BCUT2D eigenvalue weighted by Crippen LogP contribution is -2.38. The van der Waals surface area contributed by atoms with Gasteiger partial charge < -0.3 is 0 Å². The van der Waals surface area contributed by atoms with Crippen LogP contribution in [0, 0.1) is 0 Å².